The van der Waals surface area contributed by atoms with Crippen molar-refractivity contribution in [2.24, 2.45) is 35.1 Å². The van der Waals surface area contributed by atoms with Crippen molar-refractivity contribution in [2.75, 3.05) is 19.6 Å². The second-order valence-corrected chi connectivity index (χ2v) is 12.7. The van der Waals surface area contributed by atoms with Crippen LogP contribution in [0.3, 0.4) is 0 Å². The van der Waals surface area contributed by atoms with Crippen molar-refractivity contribution in [1.29, 1.82) is 5.41 Å². The van der Waals surface area contributed by atoms with Crippen LogP contribution in [-0.4, -0.2) is 77.4 Å². The number of nitrogens with one attached hydrogen (secondary N) is 2. The zero-order valence-corrected chi connectivity index (χ0v) is 22.3. The number of rotatable bonds is 7. The fraction of sp³-hybridized carbons (Fsp3) is 0.893. The molecule has 5 aliphatic rings. The summed E-state index contributed by atoms with van der Waals surface area (Å²) in [4.78, 5) is 30.3. The Morgan fingerprint density at radius 2 is 1.59 bits per heavy atom. The molecule has 0 spiro atoms. The number of nitrogens with zero attached hydrogens (tertiary/aromatic N) is 2. The Morgan fingerprint density at radius 1 is 0.892 bits per heavy atom. The van der Waals surface area contributed by atoms with Crippen LogP contribution in [-0.2, 0) is 9.59 Å². The average molecular weight is 519 g/mol. The molecule has 0 radical (unpaired) electrons. The number of alkyl halides is 1. The van der Waals surface area contributed by atoms with Crippen LogP contribution in [0.2, 0.25) is 0 Å². The standard InChI is InChI=1S/C28H47FN6O2/c29-22-10-9-21(34-11-1-2-12-34)15-23(22)33-28(37)25-13-19-7-8-20(26(30)31)14-24(19)35(25)16-17-3-5-18(6-4-17)27(32)36/h17-25H,1-16H2,(H3,30,31)(H2,32,36)(H,33,37). The highest BCUT2D eigenvalue weighted by Gasteiger charge is 2.48. The lowest BCUT2D eigenvalue weighted by Crippen LogP contribution is -2.55. The lowest BCUT2D eigenvalue weighted by Gasteiger charge is -2.40. The van der Waals surface area contributed by atoms with Gasteiger partial charge in [0.15, 0.2) is 0 Å². The summed E-state index contributed by atoms with van der Waals surface area (Å²) in [5, 5.41) is 11.2. The van der Waals surface area contributed by atoms with Gasteiger partial charge in [0.25, 0.3) is 0 Å². The first kappa shape index (κ1) is 26.9. The summed E-state index contributed by atoms with van der Waals surface area (Å²) in [5.74, 6) is 0.913. The van der Waals surface area contributed by atoms with E-state index < -0.39 is 12.2 Å². The quantitative estimate of drug-likeness (QED) is 0.304. The number of carbonyl (C=O) groups is 2. The highest BCUT2D eigenvalue weighted by Crippen LogP contribution is 2.43. The number of hydrogen-bond donors (Lipinski definition) is 4. The van der Waals surface area contributed by atoms with Gasteiger partial charge in [-0.25, -0.2) is 4.39 Å². The number of primary amides is 1. The Labute approximate surface area is 220 Å². The molecule has 9 heteroatoms. The lowest BCUT2D eigenvalue weighted by molar-refractivity contribution is -0.128. The predicted octanol–water partition coefficient (Wildman–Crippen LogP) is 2.54. The van der Waals surface area contributed by atoms with Crippen LogP contribution in [0.25, 0.3) is 0 Å². The third-order valence-corrected chi connectivity index (χ3v) is 10.5. The van der Waals surface area contributed by atoms with Crippen LogP contribution in [0.4, 0.5) is 4.39 Å². The summed E-state index contributed by atoms with van der Waals surface area (Å²) in [5.41, 5.74) is 11.5. The number of carbonyl (C=O) groups excluding carboxylic acids is 2. The molecule has 3 saturated carbocycles. The van der Waals surface area contributed by atoms with E-state index in [1.807, 2.05) is 0 Å². The van der Waals surface area contributed by atoms with Gasteiger partial charge in [-0.15, -0.1) is 0 Å². The molecule has 0 aromatic carbocycles. The van der Waals surface area contributed by atoms with Gasteiger partial charge in [-0.2, -0.15) is 0 Å². The summed E-state index contributed by atoms with van der Waals surface area (Å²) in [6.07, 6.45) is 10.6. The minimum absolute atomic E-state index is 0.0191. The molecule has 5 fully saturated rings. The predicted molar refractivity (Wildman–Crippen MR) is 142 cm³/mol. The van der Waals surface area contributed by atoms with E-state index in [9.17, 15) is 9.59 Å². The van der Waals surface area contributed by atoms with Gasteiger partial charge in [0.2, 0.25) is 11.8 Å². The van der Waals surface area contributed by atoms with E-state index in [0.717, 1.165) is 77.4 Å². The number of fused-ring (bicyclic) bond motifs is 1. The topological polar surface area (TPSA) is 129 Å². The maximum atomic E-state index is 15.0. The van der Waals surface area contributed by atoms with E-state index in [1.54, 1.807) is 0 Å². The van der Waals surface area contributed by atoms with E-state index in [2.05, 4.69) is 15.1 Å². The van der Waals surface area contributed by atoms with Crippen molar-refractivity contribution in [2.45, 2.75) is 114 Å². The minimum Gasteiger partial charge on any atom is -0.387 e. The Morgan fingerprint density at radius 3 is 2.27 bits per heavy atom. The van der Waals surface area contributed by atoms with Crippen LogP contribution in [0.1, 0.15) is 83.5 Å². The summed E-state index contributed by atoms with van der Waals surface area (Å²) >= 11 is 0. The summed E-state index contributed by atoms with van der Waals surface area (Å²) in [6.45, 7) is 3.00. The average Bonchev–Trinajstić information content (AvgIpc) is 3.54. The van der Waals surface area contributed by atoms with Crippen molar-refractivity contribution >= 4 is 17.6 Å². The second-order valence-electron chi connectivity index (χ2n) is 12.7. The van der Waals surface area contributed by atoms with Crippen molar-refractivity contribution < 1.29 is 14.0 Å². The molecule has 5 rings (SSSR count). The second kappa shape index (κ2) is 11.6. The van der Waals surface area contributed by atoms with Gasteiger partial charge in [-0.3, -0.25) is 19.9 Å². The number of nitrogens with two attached hydrogens (primary N) is 2. The summed E-state index contributed by atoms with van der Waals surface area (Å²) < 4.78 is 15.0. The fourth-order valence-electron chi connectivity index (χ4n) is 8.25. The Balaban J connectivity index is 1.27. The van der Waals surface area contributed by atoms with Crippen molar-refractivity contribution in [3.05, 3.63) is 0 Å². The summed E-state index contributed by atoms with van der Waals surface area (Å²) in [7, 11) is 0. The molecule has 2 amide bonds. The molecule has 7 unspecified atom stereocenters. The first-order valence-electron chi connectivity index (χ1n) is 14.9. The molecule has 2 heterocycles. The highest BCUT2D eigenvalue weighted by molar-refractivity contribution is 5.83. The van der Waals surface area contributed by atoms with Crippen LogP contribution >= 0.6 is 0 Å². The first-order valence-corrected chi connectivity index (χ1v) is 14.9. The number of likely N-dealkylation sites (tertiary alicyclic amines) is 2. The third kappa shape index (κ3) is 5.97. The largest absolute Gasteiger partial charge is 0.387 e. The van der Waals surface area contributed by atoms with Crippen molar-refractivity contribution in [3.63, 3.8) is 0 Å². The zero-order chi connectivity index (χ0) is 26.1. The fourth-order valence-corrected chi connectivity index (χ4v) is 8.25. The van der Waals surface area contributed by atoms with E-state index >= 15 is 4.39 Å². The molecule has 7 atom stereocenters. The van der Waals surface area contributed by atoms with Gasteiger partial charge in [0.05, 0.1) is 17.9 Å². The smallest absolute Gasteiger partial charge is 0.237 e. The molecule has 8 nitrogen and oxygen atoms in total. The Bertz CT molecular complexity index is 843. The van der Waals surface area contributed by atoms with E-state index in [-0.39, 0.29) is 41.6 Å². The molecule has 6 N–H and O–H groups in total. The molecule has 37 heavy (non-hydrogen) atoms. The van der Waals surface area contributed by atoms with Crippen LogP contribution in [0.5, 0.6) is 0 Å². The SMILES string of the molecule is N=C(N)C1CCC2CC(C(=O)NC3CC(N4CCCC4)CCC3F)N(CC3CCC(C(N)=O)CC3)C2C1. The monoisotopic (exact) mass is 518 g/mol. The molecule has 3 aliphatic carbocycles. The third-order valence-electron chi connectivity index (χ3n) is 10.5. The van der Waals surface area contributed by atoms with Crippen molar-refractivity contribution in [1.82, 2.24) is 15.1 Å². The van der Waals surface area contributed by atoms with Crippen molar-refractivity contribution in [3.8, 4) is 0 Å². The number of halogens is 1. The zero-order valence-electron chi connectivity index (χ0n) is 22.3. The van der Waals surface area contributed by atoms with E-state index in [0.29, 0.717) is 30.7 Å². The highest BCUT2D eigenvalue weighted by atomic mass is 19.1. The maximum absolute atomic E-state index is 15.0. The van der Waals surface area contributed by atoms with Gasteiger partial charge in [-0.05, 0) is 108 Å². The van der Waals surface area contributed by atoms with Gasteiger partial charge in [0.1, 0.15) is 6.17 Å². The lowest BCUT2D eigenvalue weighted by atomic mass is 9.77. The molecule has 0 aromatic rings. The van der Waals surface area contributed by atoms with E-state index in [1.165, 1.54) is 12.8 Å². The molecule has 2 saturated heterocycles. The van der Waals surface area contributed by atoms with Crippen LogP contribution in [0, 0.1) is 29.1 Å². The van der Waals surface area contributed by atoms with Gasteiger partial charge >= 0.3 is 0 Å². The number of hydrogen-bond acceptors (Lipinski definition) is 5. The first-order chi connectivity index (χ1) is 17.8. The van der Waals surface area contributed by atoms with E-state index in [4.69, 9.17) is 16.9 Å². The molecular formula is C28H47FN6O2. The van der Waals surface area contributed by atoms with Gasteiger partial charge in [-0.1, -0.05) is 0 Å². The molecule has 2 aliphatic heterocycles. The molecular weight excluding hydrogens is 471 g/mol. The maximum Gasteiger partial charge on any atom is 0.237 e. The minimum atomic E-state index is -0.980. The molecule has 0 aromatic heterocycles. The van der Waals surface area contributed by atoms with Crippen LogP contribution < -0.4 is 16.8 Å². The van der Waals surface area contributed by atoms with Crippen LogP contribution in [0.15, 0.2) is 0 Å². The molecule has 0 bridgehead atoms. The number of amidine groups is 1. The normalized spacial score (nSPS) is 41.3. The Hall–Kier alpha value is -1.74. The molecule has 208 valence electrons. The van der Waals surface area contributed by atoms with Gasteiger partial charge < -0.3 is 21.7 Å². The summed E-state index contributed by atoms with van der Waals surface area (Å²) in [6, 6.07) is -0.0581. The van der Waals surface area contributed by atoms with Gasteiger partial charge in [0, 0.05) is 30.5 Å². The number of amides is 2. The Kier molecular flexibility index (Phi) is 8.39.